The van der Waals surface area contributed by atoms with E-state index in [0.717, 1.165) is 12.0 Å². The van der Waals surface area contributed by atoms with Crippen molar-refractivity contribution in [2.24, 2.45) is 5.92 Å². The van der Waals surface area contributed by atoms with Crippen molar-refractivity contribution in [3.05, 3.63) is 0 Å². The summed E-state index contributed by atoms with van der Waals surface area (Å²) in [6.07, 6.45) is 5.67. The zero-order chi connectivity index (χ0) is 8.39. The van der Waals surface area contributed by atoms with Crippen molar-refractivity contribution in [3.8, 4) is 0 Å². The van der Waals surface area contributed by atoms with Crippen molar-refractivity contribution >= 4 is 0 Å². The van der Waals surface area contributed by atoms with E-state index in [1.807, 2.05) is 0 Å². The predicted molar refractivity (Wildman–Crippen MR) is 51.2 cm³/mol. The van der Waals surface area contributed by atoms with E-state index in [1.54, 1.807) is 0 Å². The van der Waals surface area contributed by atoms with Crippen molar-refractivity contribution in [2.75, 3.05) is 26.7 Å². The van der Waals surface area contributed by atoms with Crippen LogP contribution in [0.3, 0.4) is 0 Å². The molecule has 1 atom stereocenters. The topological polar surface area (TPSA) is 15.3 Å². The summed E-state index contributed by atoms with van der Waals surface area (Å²) in [5.74, 6) is 0.921. The van der Waals surface area contributed by atoms with Crippen LogP contribution in [0, 0.1) is 5.92 Å². The minimum atomic E-state index is 0.886. The fourth-order valence-electron chi connectivity index (χ4n) is 2.06. The highest BCUT2D eigenvalue weighted by molar-refractivity contribution is 4.83. The molecule has 0 bridgehead atoms. The maximum absolute atomic E-state index is 3.62. The predicted octanol–water partition coefficient (Wildman–Crippen LogP) is 1.08. The third kappa shape index (κ3) is 2.46. The number of hydrogen-bond acceptors (Lipinski definition) is 2. The van der Waals surface area contributed by atoms with Gasteiger partial charge in [0, 0.05) is 12.6 Å². The van der Waals surface area contributed by atoms with E-state index in [4.69, 9.17) is 0 Å². The van der Waals surface area contributed by atoms with Gasteiger partial charge in [-0.1, -0.05) is 0 Å². The van der Waals surface area contributed by atoms with Crippen molar-refractivity contribution in [2.45, 2.75) is 31.7 Å². The van der Waals surface area contributed by atoms with Gasteiger partial charge in [-0.3, -0.25) is 0 Å². The Bertz CT molecular complexity index is 143. The molecule has 2 aliphatic rings. The lowest BCUT2D eigenvalue weighted by molar-refractivity contribution is 0.206. The number of piperidine rings is 1. The van der Waals surface area contributed by atoms with Crippen LogP contribution in [0.2, 0.25) is 0 Å². The number of nitrogens with one attached hydrogen (secondary N) is 1. The molecule has 1 aliphatic heterocycles. The monoisotopic (exact) mass is 168 g/mol. The van der Waals surface area contributed by atoms with Crippen LogP contribution in [0.25, 0.3) is 0 Å². The Balaban J connectivity index is 1.64. The van der Waals surface area contributed by atoms with Gasteiger partial charge in [0.15, 0.2) is 0 Å². The molecule has 1 aliphatic carbocycles. The van der Waals surface area contributed by atoms with E-state index < -0.39 is 0 Å². The van der Waals surface area contributed by atoms with Gasteiger partial charge in [-0.25, -0.2) is 0 Å². The minimum Gasteiger partial charge on any atom is -0.314 e. The molecule has 70 valence electrons. The Morgan fingerprint density at radius 3 is 2.83 bits per heavy atom. The molecule has 1 N–H and O–H groups in total. The van der Waals surface area contributed by atoms with Crippen LogP contribution >= 0.6 is 0 Å². The molecule has 2 rings (SSSR count). The molecular formula is C10H20N2. The molecule has 0 amide bonds. The molecule has 0 radical (unpaired) electrons. The van der Waals surface area contributed by atoms with Gasteiger partial charge < -0.3 is 10.2 Å². The van der Waals surface area contributed by atoms with E-state index in [9.17, 15) is 0 Å². The Morgan fingerprint density at radius 1 is 1.33 bits per heavy atom. The number of nitrogens with zero attached hydrogens (tertiary/aromatic N) is 1. The SMILES string of the molecule is CN1CCC[C@@H](CNC2CC2)C1. The first-order valence-corrected chi connectivity index (χ1v) is 5.26. The van der Waals surface area contributed by atoms with Gasteiger partial charge in [-0.15, -0.1) is 0 Å². The summed E-state index contributed by atoms with van der Waals surface area (Å²) in [6.45, 7) is 3.87. The smallest absolute Gasteiger partial charge is 0.00683 e. The van der Waals surface area contributed by atoms with Gasteiger partial charge in [0.25, 0.3) is 0 Å². The first-order valence-electron chi connectivity index (χ1n) is 5.26. The van der Waals surface area contributed by atoms with Crippen LogP contribution in [0.5, 0.6) is 0 Å². The van der Waals surface area contributed by atoms with Crippen molar-refractivity contribution in [1.82, 2.24) is 10.2 Å². The lowest BCUT2D eigenvalue weighted by Gasteiger charge is -2.29. The lowest BCUT2D eigenvalue weighted by atomic mass is 9.98. The van der Waals surface area contributed by atoms with Gasteiger partial charge in [0.05, 0.1) is 0 Å². The van der Waals surface area contributed by atoms with Gasteiger partial charge in [0.2, 0.25) is 0 Å². The van der Waals surface area contributed by atoms with E-state index in [2.05, 4.69) is 17.3 Å². The zero-order valence-electron chi connectivity index (χ0n) is 8.05. The fraction of sp³-hybridized carbons (Fsp3) is 1.00. The molecule has 1 saturated heterocycles. The number of likely N-dealkylation sites (tertiary alicyclic amines) is 1. The second-order valence-corrected chi connectivity index (χ2v) is 4.45. The number of hydrogen-bond donors (Lipinski definition) is 1. The molecule has 1 saturated carbocycles. The summed E-state index contributed by atoms with van der Waals surface area (Å²) < 4.78 is 0. The van der Waals surface area contributed by atoms with E-state index in [0.29, 0.717) is 0 Å². The Kier molecular flexibility index (Phi) is 2.66. The summed E-state index contributed by atoms with van der Waals surface area (Å²) >= 11 is 0. The van der Waals surface area contributed by atoms with Crippen LogP contribution in [-0.2, 0) is 0 Å². The van der Waals surface area contributed by atoms with E-state index >= 15 is 0 Å². The fourth-order valence-corrected chi connectivity index (χ4v) is 2.06. The molecular weight excluding hydrogens is 148 g/mol. The highest BCUT2D eigenvalue weighted by atomic mass is 15.1. The molecule has 0 aromatic carbocycles. The minimum absolute atomic E-state index is 0.886. The zero-order valence-corrected chi connectivity index (χ0v) is 8.05. The summed E-state index contributed by atoms with van der Waals surface area (Å²) in [4.78, 5) is 2.46. The van der Waals surface area contributed by atoms with Crippen LogP contribution in [0.1, 0.15) is 25.7 Å². The highest BCUT2D eigenvalue weighted by Gasteiger charge is 2.23. The third-order valence-electron chi connectivity index (χ3n) is 2.99. The second kappa shape index (κ2) is 3.75. The Hall–Kier alpha value is -0.0800. The normalized spacial score (nSPS) is 32.2. The molecule has 0 spiro atoms. The Labute approximate surface area is 75.3 Å². The maximum Gasteiger partial charge on any atom is 0.00683 e. The summed E-state index contributed by atoms with van der Waals surface area (Å²) in [5, 5.41) is 3.62. The molecule has 0 unspecified atom stereocenters. The maximum atomic E-state index is 3.62. The van der Waals surface area contributed by atoms with E-state index in [-0.39, 0.29) is 0 Å². The van der Waals surface area contributed by atoms with Gasteiger partial charge >= 0.3 is 0 Å². The largest absolute Gasteiger partial charge is 0.314 e. The van der Waals surface area contributed by atoms with E-state index in [1.165, 1.54) is 45.3 Å². The van der Waals surface area contributed by atoms with Crippen LogP contribution in [0.15, 0.2) is 0 Å². The first-order chi connectivity index (χ1) is 5.84. The van der Waals surface area contributed by atoms with Crippen molar-refractivity contribution in [1.29, 1.82) is 0 Å². The average Bonchev–Trinajstić information content (AvgIpc) is 2.84. The highest BCUT2D eigenvalue weighted by Crippen LogP contribution is 2.20. The molecule has 2 nitrogen and oxygen atoms in total. The number of rotatable bonds is 3. The van der Waals surface area contributed by atoms with Crippen LogP contribution in [-0.4, -0.2) is 37.6 Å². The van der Waals surface area contributed by atoms with Gasteiger partial charge in [0.1, 0.15) is 0 Å². The molecule has 2 heteroatoms. The molecule has 12 heavy (non-hydrogen) atoms. The second-order valence-electron chi connectivity index (χ2n) is 4.45. The van der Waals surface area contributed by atoms with Gasteiger partial charge in [-0.2, -0.15) is 0 Å². The van der Waals surface area contributed by atoms with Gasteiger partial charge in [-0.05, 0) is 51.7 Å². The van der Waals surface area contributed by atoms with Crippen molar-refractivity contribution in [3.63, 3.8) is 0 Å². The van der Waals surface area contributed by atoms with Crippen LogP contribution < -0.4 is 5.32 Å². The standard InChI is InChI=1S/C10H20N2/c1-12-6-2-3-9(8-12)7-11-10-4-5-10/h9-11H,2-8H2,1H3/t9-/m0/s1. The van der Waals surface area contributed by atoms with Crippen molar-refractivity contribution < 1.29 is 0 Å². The summed E-state index contributed by atoms with van der Waals surface area (Å²) in [6, 6.07) is 0.886. The molecule has 2 fully saturated rings. The summed E-state index contributed by atoms with van der Waals surface area (Å²) in [5.41, 5.74) is 0. The first kappa shape index (κ1) is 8.52. The molecule has 0 aromatic rings. The Morgan fingerprint density at radius 2 is 2.17 bits per heavy atom. The quantitative estimate of drug-likeness (QED) is 0.678. The molecule has 1 heterocycles. The summed E-state index contributed by atoms with van der Waals surface area (Å²) in [7, 11) is 2.24. The third-order valence-corrected chi connectivity index (χ3v) is 2.99. The average molecular weight is 168 g/mol. The lowest BCUT2D eigenvalue weighted by Crippen LogP contribution is -2.37. The van der Waals surface area contributed by atoms with Crippen LogP contribution in [0.4, 0.5) is 0 Å². The molecule has 0 aromatic heterocycles.